The molecule has 0 N–H and O–H groups in total. The summed E-state index contributed by atoms with van der Waals surface area (Å²) in [5, 5.41) is 0. The van der Waals surface area contributed by atoms with Crippen LogP contribution in [0, 0.1) is 0 Å². The molecule has 0 rings (SSSR count). The lowest BCUT2D eigenvalue weighted by Gasteiger charge is -2.08. The van der Waals surface area contributed by atoms with E-state index in [4.69, 9.17) is 0 Å². The van der Waals surface area contributed by atoms with E-state index in [1.807, 2.05) is 0 Å². The van der Waals surface area contributed by atoms with Gasteiger partial charge in [-0.05, 0) is 0 Å². The number of amides is 1. The number of carbonyl (C=O) groups is 1. The Labute approximate surface area is 66.5 Å². The third-order valence-electron chi connectivity index (χ3n) is 0.575. The summed E-state index contributed by atoms with van der Waals surface area (Å²) in [6.45, 7) is 0. The standard InChI is InChI=1S/C3H4F3NOS2/c4-3(5,6)1-2(8)7(9)10/h9-10H,1H2. The fourth-order valence-corrected chi connectivity index (χ4v) is 0.384. The fourth-order valence-electron chi connectivity index (χ4n) is 0.242. The molecule has 0 aromatic carbocycles. The number of hydrogen-bond acceptors (Lipinski definition) is 3. The van der Waals surface area contributed by atoms with Gasteiger partial charge in [0.15, 0.2) is 0 Å². The van der Waals surface area contributed by atoms with Crippen molar-refractivity contribution >= 4 is 31.5 Å². The summed E-state index contributed by atoms with van der Waals surface area (Å²) >= 11 is 6.51. The van der Waals surface area contributed by atoms with Gasteiger partial charge >= 0.3 is 6.18 Å². The van der Waals surface area contributed by atoms with Crippen molar-refractivity contribution in [2.45, 2.75) is 12.6 Å². The fraction of sp³-hybridized carbons (Fsp3) is 0.667. The summed E-state index contributed by atoms with van der Waals surface area (Å²) in [5.41, 5.74) is 0. The third kappa shape index (κ3) is 4.80. The van der Waals surface area contributed by atoms with Crippen molar-refractivity contribution in [3.8, 4) is 0 Å². The number of thiol groups is 2. The SMILES string of the molecule is O=C(CC(F)(F)F)N(S)S. The molecule has 0 heterocycles. The van der Waals surface area contributed by atoms with Crippen LogP contribution in [0.5, 0.6) is 0 Å². The van der Waals surface area contributed by atoms with E-state index in [0.717, 1.165) is 0 Å². The number of carbonyl (C=O) groups excluding carboxylic acids is 1. The molecule has 10 heavy (non-hydrogen) atoms. The molecule has 0 unspecified atom stereocenters. The van der Waals surface area contributed by atoms with Crippen molar-refractivity contribution in [1.29, 1.82) is 0 Å². The lowest BCUT2D eigenvalue weighted by molar-refractivity contribution is -0.154. The average Bonchev–Trinajstić information content (AvgIpc) is 1.60. The van der Waals surface area contributed by atoms with Gasteiger partial charge in [0.2, 0.25) is 0 Å². The van der Waals surface area contributed by atoms with E-state index in [1.165, 1.54) is 0 Å². The molecule has 0 aromatic rings. The first kappa shape index (κ1) is 9.96. The molecule has 0 aliphatic heterocycles. The Morgan fingerprint density at radius 1 is 1.40 bits per heavy atom. The topological polar surface area (TPSA) is 20.3 Å². The number of nitrogens with zero attached hydrogens (tertiary/aromatic N) is 1. The van der Waals surface area contributed by atoms with Crippen LogP contribution in [0.15, 0.2) is 0 Å². The van der Waals surface area contributed by atoms with E-state index >= 15 is 0 Å². The summed E-state index contributed by atoms with van der Waals surface area (Å²) in [4.78, 5) is 10.2. The van der Waals surface area contributed by atoms with E-state index < -0.39 is 18.5 Å². The van der Waals surface area contributed by atoms with Crippen LogP contribution in [-0.2, 0) is 4.79 Å². The zero-order valence-electron chi connectivity index (χ0n) is 4.59. The normalized spacial score (nSPS) is 11.3. The predicted octanol–water partition coefficient (Wildman–Crippen LogP) is 1.46. The first-order valence-electron chi connectivity index (χ1n) is 2.10. The molecule has 2 nitrogen and oxygen atoms in total. The van der Waals surface area contributed by atoms with Crippen LogP contribution in [-0.4, -0.2) is 15.8 Å². The lowest BCUT2D eigenvalue weighted by atomic mass is 10.4. The molecule has 0 saturated carbocycles. The second-order valence-corrected chi connectivity index (χ2v) is 2.59. The van der Waals surface area contributed by atoms with Crippen LogP contribution in [0.1, 0.15) is 6.42 Å². The number of alkyl halides is 3. The second kappa shape index (κ2) is 3.38. The Bertz CT molecular complexity index is 134. The molecule has 60 valence electrons. The van der Waals surface area contributed by atoms with Crippen LogP contribution in [0.4, 0.5) is 13.2 Å². The Morgan fingerprint density at radius 3 is 1.90 bits per heavy atom. The molecule has 0 saturated heterocycles. The van der Waals surface area contributed by atoms with Gasteiger partial charge in [-0.2, -0.15) is 13.2 Å². The van der Waals surface area contributed by atoms with Gasteiger partial charge in [0.25, 0.3) is 5.91 Å². The predicted molar refractivity (Wildman–Crippen MR) is 35.5 cm³/mol. The summed E-state index contributed by atoms with van der Waals surface area (Å²) in [6.07, 6.45) is -6.01. The Hall–Kier alpha value is -0.0400. The van der Waals surface area contributed by atoms with Gasteiger partial charge in [-0.15, -0.1) is 0 Å². The van der Waals surface area contributed by atoms with Gasteiger partial charge in [-0.25, -0.2) is 3.71 Å². The van der Waals surface area contributed by atoms with Gasteiger partial charge in [0.05, 0.1) is 0 Å². The minimum absolute atomic E-state index is 0.299. The summed E-state index contributed by atoms with van der Waals surface area (Å²) in [6, 6.07) is 0. The molecule has 0 spiro atoms. The van der Waals surface area contributed by atoms with E-state index in [-0.39, 0.29) is 0 Å². The van der Waals surface area contributed by atoms with Crippen molar-refractivity contribution in [2.75, 3.05) is 0 Å². The largest absolute Gasteiger partial charge is 0.397 e. The number of halogens is 3. The number of rotatable bonds is 1. The molecule has 0 aliphatic rings. The van der Waals surface area contributed by atoms with Gasteiger partial charge in [0.1, 0.15) is 6.42 Å². The maximum Gasteiger partial charge on any atom is 0.397 e. The zero-order valence-corrected chi connectivity index (χ0v) is 6.38. The summed E-state index contributed by atoms with van der Waals surface area (Å²) in [7, 11) is 0. The van der Waals surface area contributed by atoms with Gasteiger partial charge in [0, 0.05) is 0 Å². The Balaban J connectivity index is 3.81. The minimum Gasteiger partial charge on any atom is -0.273 e. The van der Waals surface area contributed by atoms with E-state index in [1.54, 1.807) is 0 Å². The van der Waals surface area contributed by atoms with Crippen molar-refractivity contribution in [1.82, 2.24) is 3.71 Å². The Kier molecular flexibility index (Phi) is 3.37. The first-order chi connectivity index (χ1) is 4.33. The molecule has 0 aromatic heterocycles. The van der Waals surface area contributed by atoms with Crippen LogP contribution >= 0.6 is 25.6 Å². The molecular formula is C3H4F3NOS2. The smallest absolute Gasteiger partial charge is 0.273 e. The molecule has 0 fully saturated rings. The molecule has 0 aliphatic carbocycles. The molecular weight excluding hydrogens is 187 g/mol. The van der Waals surface area contributed by atoms with Crippen molar-refractivity contribution in [3.05, 3.63) is 0 Å². The average molecular weight is 191 g/mol. The van der Waals surface area contributed by atoms with Gasteiger partial charge in [-0.1, -0.05) is 25.6 Å². The number of hydrogen-bond donors (Lipinski definition) is 2. The van der Waals surface area contributed by atoms with E-state index in [0.29, 0.717) is 3.71 Å². The maximum absolute atomic E-state index is 11.4. The van der Waals surface area contributed by atoms with Crippen molar-refractivity contribution in [3.63, 3.8) is 0 Å². The molecule has 1 amide bonds. The lowest BCUT2D eigenvalue weighted by Crippen LogP contribution is -2.21. The molecule has 0 bridgehead atoms. The van der Waals surface area contributed by atoms with E-state index in [2.05, 4.69) is 25.6 Å². The van der Waals surface area contributed by atoms with Crippen LogP contribution in [0.25, 0.3) is 0 Å². The van der Waals surface area contributed by atoms with Crippen LogP contribution in [0.3, 0.4) is 0 Å². The van der Waals surface area contributed by atoms with Crippen LogP contribution < -0.4 is 0 Å². The second-order valence-electron chi connectivity index (χ2n) is 1.48. The highest BCUT2D eigenvalue weighted by Gasteiger charge is 2.32. The monoisotopic (exact) mass is 191 g/mol. The minimum atomic E-state index is -4.49. The molecule has 0 atom stereocenters. The zero-order chi connectivity index (χ0) is 8.36. The molecule has 0 radical (unpaired) electrons. The highest BCUT2D eigenvalue weighted by atomic mass is 32.2. The van der Waals surface area contributed by atoms with Gasteiger partial charge < -0.3 is 0 Å². The summed E-state index contributed by atoms with van der Waals surface area (Å²) in [5.74, 6) is -1.20. The van der Waals surface area contributed by atoms with E-state index in [9.17, 15) is 18.0 Å². The highest BCUT2D eigenvalue weighted by molar-refractivity contribution is 7.94. The summed E-state index contributed by atoms with van der Waals surface area (Å²) < 4.78 is 34.4. The Morgan fingerprint density at radius 2 is 1.80 bits per heavy atom. The van der Waals surface area contributed by atoms with Crippen molar-refractivity contribution in [2.24, 2.45) is 0 Å². The van der Waals surface area contributed by atoms with Crippen molar-refractivity contribution < 1.29 is 18.0 Å². The van der Waals surface area contributed by atoms with Crippen LogP contribution in [0.2, 0.25) is 0 Å². The maximum atomic E-state index is 11.4. The highest BCUT2D eigenvalue weighted by Crippen LogP contribution is 2.21. The quantitative estimate of drug-likeness (QED) is 0.601. The first-order valence-corrected chi connectivity index (χ1v) is 2.90. The molecule has 7 heteroatoms. The van der Waals surface area contributed by atoms with Gasteiger partial charge in [-0.3, -0.25) is 4.79 Å². The third-order valence-corrected chi connectivity index (χ3v) is 1.02.